The van der Waals surface area contributed by atoms with Crippen LogP contribution in [0.1, 0.15) is 46.5 Å². The Morgan fingerprint density at radius 3 is 2.26 bits per heavy atom. The van der Waals surface area contributed by atoms with E-state index < -0.39 is 34.4 Å². The lowest BCUT2D eigenvalue weighted by Gasteiger charge is -2.37. The van der Waals surface area contributed by atoms with Gasteiger partial charge >= 0.3 is 5.97 Å². The van der Waals surface area contributed by atoms with Gasteiger partial charge in [0.05, 0.1) is 12.4 Å². The van der Waals surface area contributed by atoms with Crippen molar-refractivity contribution < 1.29 is 32.3 Å². The number of ether oxygens (including phenoxy) is 1. The Balaban J connectivity index is 3.23. The average molecular weight is 350 g/mol. The van der Waals surface area contributed by atoms with E-state index in [0.717, 1.165) is 6.26 Å². The zero-order valence-electron chi connectivity index (χ0n) is 14.0. The van der Waals surface area contributed by atoms with Crippen molar-refractivity contribution in [3.8, 4) is 0 Å². The summed E-state index contributed by atoms with van der Waals surface area (Å²) in [5.74, 6) is -1.14. The Hall–Kier alpha value is -0.960. The minimum absolute atomic E-state index is 0.0578. The lowest BCUT2D eigenvalue weighted by molar-refractivity contribution is -0.136. The van der Waals surface area contributed by atoms with Crippen LogP contribution in [-0.4, -0.2) is 55.3 Å². The number of carbonyl (C=O) groups is 1. The van der Waals surface area contributed by atoms with Crippen molar-refractivity contribution in [1.29, 1.82) is 0 Å². The number of hydrogen-bond acceptors (Lipinski definition) is 6. The van der Waals surface area contributed by atoms with Gasteiger partial charge in [-0.05, 0) is 24.8 Å². The summed E-state index contributed by atoms with van der Waals surface area (Å²) in [5, 5.41) is 19.9. The Morgan fingerprint density at radius 1 is 1.30 bits per heavy atom. The van der Waals surface area contributed by atoms with E-state index in [1.807, 2.05) is 13.8 Å². The molecule has 1 aliphatic rings. The van der Waals surface area contributed by atoms with E-state index in [0.29, 0.717) is 24.8 Å². The Labute approximate surface area is 137 Å². The third kappa shape index (κ3) is 5.27. The summed E-state index contributed by atoms with van der Waals surface area (Å²) >= 11 is 0. The van der Waals surface area contributed by atoms with E-state index in [1.165, 1.54) is 0 Å². The molecule has 0 unspecified atom stereocenters. The maximum Gasteiger partial charge on any atom is 0.331 e. The number of carboxylic acids is 1. The smallest absolute Gasteiger partial charge is 0.331 e. The second-order valence-corrected chi connectivity index (χ2v) is 7.29. The number of rotatable bonds is 8. The molecule has 1 aliphatic carbocycles. The lowest BCUT2D eigenvalue weighted by Crippen LogP contribution is -2.48. The van der Waals surface area contributed by atoms with E-state index in [1.54, 1.807) is 6.92 Å². The van der Waals surface area contributed by atoms with Crippen LogP contribution in [-0.2, 0) is 23.8 Å². The Morgan fingerprint density at radius 2 is 1.87 bits per heavy atom. The van der Waals surface area contributed by atoms with Crippen molar-refractivity contribution in [2.24, 2.45) is 0 Å². The minimum atomic E-state index is -3.82. The SMILES string of the molecule is CCC1=C(C(=O)O)C[C@@H](OS(C)(=O)=O)[C@H](O)[C@@H]1OC(CC)CC. The topological polar surface area (TPSA) is 110 Å². The second kappa shape index (κ2) is 8.23. The monoisotopic (exact) mass is 350 g/mol. The van der Waals surface area contributed by atoms with Crippen LogP contribution in [0.4, 0.5) is 0 Å². The number of aliphatic hydroxyl groups is 1. The first-order valence-corrected chi connectivity index (χ1v) is 9.63. The van der Waals surface area contributed by atoms with Gasteiger partial charge in [0.15, 0.2) is 0 Å². The normalized spacial score (nSPS) is 25.9. The Kier molecular flexibility index (Phi) is 7.19. The standard InChI is InChI=1S/C15H26O7S/c1-5-9(6-2)21-14-10(7-3)11(15(17)18)8-12(13(14)16)22-23(4,19)20/h9,12-14,16H,5-8H2,1-4H3,(H,17,18)/t12-,13+,14-/m1/s1. The third-order valence-electron chi connectivity index (χ3n) is 4.01. The summed E-state index contributed by atoms with van der Waals surface area (Å²) in [5.41, 5.74) is 0.549. The number of hydrogen-bond donors (Lipinski definition) is 2. The van der Waals surface area contributed by atoms with Crippen molar-refractivity contribution in [2.75, 3.05) is 6.26 Å². The molecular weight excluding hydrogens is 324 g/mol. The molecule has 0 amide bonds. The largest absolute Gasteiger partial charge is 0.478 e. The highest BCUT2D eigenvalue weighted by atomic mass is 32.2. The third-order valence-corrected chi connectivity index (χ3v) is 4.61. The van der Waals surface area contributed by atoms with Crippen LogP contribution in [0.15, 0.2) is 11.1 Å². The summed E-state index contributed by atoms with van der Waals surface area (Å²) in [6.45, 7) is 5.65. The first-order chi connectivity index (χ1) is 10.6. The van der Waals surface area contributed by atoms with E-state index in [4.69, 9.17) is 8.92 Å². The summed E-state index contributed by atoms with van der Waals surface area (Å²) < 4.78 is 33.5. The van der Waals surface area contributed by atoms with Gasteiger partial charge in [-0.25, -0.2) is 4.79 Å². The molecule has 7 nitrogen and oxygen atoms in total. The number of aliphatic hydroxyl groups excluding tert-OH is 1. The molecule has 134 valence electrons. The molecule has 2 N–H and O–H groups in total. The first kappa shape index (κ1) is 20.1. The summed E-state index contributed by atoms with van der Waals surface area (Å²) in [6.07, 6.45) is -0.914. The van der Waals surface area contributed by atoms with Crippen LogP contribution >= 0.6 is 0 Å². The highest BCUT2D eigenvalue weighted by Gasteiger charge is 2.42. The van der Waals surface area contributed by atoms with Crippen molar-refractivity contribution in [1.82, 2.24) is 0 Å². The van der Waals surface area contributed by atoms with E-state index in [-0.39, 0.29) is 18.1 Å². The van der Waals surface area contributed by atoms with Gasteiger partial charge in [-0.1, -0.05) is 20.8 Å². The van der Waals surface area contributed by atoms with Gasteiger partial charge in [0, 0.05) is 12.0 Å². The molecule has 23 heavy (non-hydrogen) atoms. The quantitative estimate of drug-likeness (QED) is 0.638. The second-order valence-electron chi connectivity index (χ2n) is 5.69. The molecule has 8 heteroatoms. The molecule has 0 aromatic carbocycles. The van der Waals surface area contributed by atoms with E-state index >= 15 is 0 Å². The zero-order valence-corrected chi connectivity index (χ0v) is 14.8. The van der Waals surface area contributed by atoms with Gasteiger partial charge in [0.1, 0.15) is 18.3 Å². The minimum Gasteiger partial charge on any atom is -0.478 e. The summed E-state index contributed by atoms with van der Waals surface area (Å²) in [7, 11) is -3.82. The van der Waals surface area contributed by atoms with Gasteiger partial charge in [0.2, 0.25) is 0 Å². The summed E-state index contributed by atoms with van der Waals surface area (Å²) in [4.78, 5) is 11.5. The molecule has 0 saturated heterocycles. The Bertz CT molecular complexity index is 548. The highest BCUT2D eigenvalue weighted by Crippen LogP contribution is 2.33. The van der Waals surface area contributed by atoms with Crippen LogP contribution in [0, 0.1) is 0 Å². The van der Waals surface area contributed by atoms with Gasteiger partial charge in [0.25, 0.3) is 10.1 Å². The van der Waals surface area contributed by atoms with Crippen LogP contribution in [0.25, 0.3) is 0 Å². The van der Waals surface area contributed by atoms with Crippen LogP contribution in [0.5, 0.6) is 0 Å². The molecule has 0 radical (unpaired) electrons. The number of aliphatic carboxylic acids is 1. The summed E-state index contributed by atoms with van der Waals surface area (Å²) in [6, 6.07) is 0. The van der Waals surface area contributed by atoms with Crippen molar-refractivity contribution in [3.05, 3.63) is 11.1 Å². The zero-order chi connectivity index (χ0) is 17.8. The van der Waals surface area contributed by atoms with E-state index in [9.17, 15) is 23.4 Å². The molecule has 0 aliphatic heterocycles. The predicted octanol–water partition coefficient (Wildman–Crippen LogP) is 1.46. The van der Waals surface area contributed by atoms with Gasteiger partial charge in [-0.15, -0.1) is 0 Å². The number of carboxylic acid groups (broad SMARTS) is 1. The van der Waals surface area contributed by atoms with E-state index in [2.05, 4.69) is 0 Å². The van der Waals surface area contributed by atoms with Crippen LogP contribution < -0.4 is 0 Å². The van der Waals surface area contributed by atoms with Crippen molar-refractivity contribution >= 4 is 16.1 Å². The molecule has 0 fully saturated rings. The molecule has 1 rings (SSSR count). The van der Waals surface area contributed by atoms with Crippen molar-refractivity contribution in [3.63, 3.8) is 0 Å². The lowest BCUT2D eigenvalue weighted by atomic mass is 9.83. The fourth-order valence-electron chi connectivity index (χ4n) is 2.83. The fraction of sp³-hybridized carbons (Fsp3) is 0.800. The molecule has 0 bridgehead atoms. The fourth-order valence-corrected chi connectivity index (χ4v) is 3.46. The van der Waals surface area contributed by atoms with Crippen molar-refractivity contribution in [2.45, 2.75) is 70.9 Å². The highest BCUT2D eigenvalue weighted by molar-refractivity contribution is 7.86. The van der Waals surface area contributed by atoms with Gasteiger partial charge in [-0.2, -0.15) is 8.42 Å². The molecule has 0 aromatic rings. The molecule has 0 heterocycles. The maximum atomic E-state index is 11.5. The maximum absolute atomic E-state index is 11.5. The molecule has 0 saturated carbocycles. The molecule has 0 aromatic heterocycles. The molecule has 0 spiro atoms. The first-order valence-electron chi connectivity index (χ1n) is 7.81. The molecule has 3 atom stereocenters. The van der Waals surface area contributed by atoms with Gasteiger partial charge < -0.3 is 14.9 Å². The van der Waals surface area contributed by atoms with Gasteiger partial charge in [-0.3, -0.25) is 4.18 Å². The van der Waals surface area contributed by atoms with Crippen LogP contribution in [0.2, 0.25) is 0 Å². The van der Waals surface area contributed by atoms with Crippen LogP contribution in [0.3, 0.4) is 0 Å². The predicted molar refractivity (Wildman–Crippen MR) is 84.5 cm³/mol. The molecular formula is C15H26O7S. The average Bonchev–Trinajstić information content (AvgIpc) is 2.46.